The summed E-state index contributed by atoms with van der Waals surface area (Å²) in [4.78, 5) is 28.7. The Labute approximate surface area is 179 Å². The van der Waals surface area contributed by atoms with Crippen molar-refractivity contribution in [1.82, 2.24) is 0 Å². The van der Waals surface area contributed by atoms with Crippen molar-refractivity contribution in [3.8, 4) is 11.5 Å². The van der Waals surface area contributed by atoms with Gasteiger partial charge < -0.3 is 14.2 Å². The molecule has 0 saturated carbocycles. The van der Waals surface area contributed by atoms with Crippen molar-refractivity contribution in [3.63, 3.8) is 0 Å². The number of esters is 2. The van der Waals surface area contributed by atoms with E-state index in [0.29, 0.717) is 17.1 Å². The number of rotatable bonds is 5. The number of carbonyl (C=O) groups is 2. The molecule has 0 bridgehead atoms. The molecule has 1 heterocycles. The zero-order chi connectivity index (χ0) is 22.0. The summed E-state index contributed by atoms with van der Waals surface area (Å²) in [7, 11) is 1.49. The first kappa shape index (κ1) is 20.3. The van der Waals surface area contributed by atoms with Gasteiger partial charge in [0.2, 0.25) is 5.90 Å². The average molecular weight is 415 g/mol. The van der Waals surface area contributed by atoms with Crippen LogP contribution in [0, 0.1) is 5.92 Å². The first-order valence-electron chi connectivity index (χ1n) is 9.86. The molecule has 0 N–H and O–H groups in total. The smallest absolute Gasteiger partial charge is 0.363 e. The highest BCUT2D eigenvalue weighted by molar-refractivity contribution is 6.17. The molecule has 6 heteroatoms. The maximum atomic E-state index is 12.4. The molecule has 3 aromatic carbocycles. The van der Waals surface area contributed by atoms with E-state index in [4.69, 9.17) is 14.2 Å². The van der Waals surface area contributed by atoms with Crippen molar-refractivity contribution in [2.24, 2.45) is 10.9 Å². The lowest BCUT2D eigenvalue weighted by Crippen LogP contribution is -2.15. The molecule has 1 aliphatic heterocycles. The van der Waals surface area contributed by atoms with Crippen molar-refractivity contribution in [2.75, 3.05) is 7.11 Å². The molecular weight excluding hydrogens is 394 g/mol. The summed E-state index contributed by atoms with van der Waals surface area (Å²) in [6, 6.07) is 18.6. The van der Waals surface area contributed by atoms with Gasteiger partial charge in [-0.3, -0.25) is 4.79 Å². The topological polar surface area (TPSA) is 74.2 Å². The van der Waals surface area contributed by atoms with Crippen molar-refractivity contribution >= 4 is 34.7 Å². The minimum Gasteiger partial charge on any atom is -0.493 e. The zero-order valence-electron chi connectivity index (χ0n) is 17.4. The molecule has 0 aliphatic carbocycles. The maximum absolute atomic E-state index is 12.4. The Morgan fingerprint density at radius 1 is 1.03 bits per heavy atom. The molecule has 1 aliphatic rings. The van der Waals surface area contributed by atoms with E-state index in [1.807, 2.05) is 42.5 Å². The Morgan fingerprint density at radius 2 is 1.81 bits per heavy atom. The molecule has 4 rings (SSSR count). The van der Waals surface area contributed by atoms with Gasteiger partial charge in [0.15, 0.2) is 17.2 Å². The summed E-state index contributed by atoms with van der Waals surface area (Å²) in [5.41, 5.74) is 1.59. The van der Waals surface area contributed by atoms with E-state index in [9.17, 15) is 9.59 Å². The molecule has 0 amide bonds. The summed E-state index contributed by atoms with van der Waals surface area (Å²) < 4.78 is 16.1. The second kappa shape index (κ2) is 8.44. The first-order chi connectivity index (χ1) is 15.0. The third-order valence-electron chi connectivity index (χ3n) is 4.81. The molecular formula is C25H21NO5. The van der Waals surface area contributed by atoms with Crippen molar-refractivity contribution in [2.45, 2.75) is 13.8 Å². The SMILES string of the molecule is COc1cc(C=C2N=C(c3cccc4ccccc34)OC2=O)ccc1OC(=O)C(C)C. The van der Waals surface area contributed by atoms with E-state index in [2.05, 4.69) is 4.99 Å². The van der Waals surface area contributed by atoms with Gasteiger partial charge in [0.05, 0.1) is 13.0 Å². The van der Waals surface area contributed by atoms with Crippen LogP contribution in [-0.2, 0) is 14.3 Å². The number of hydrogen-bond acceptors (Lipinski definition) is 6. The van der Waals surface area contributed by atoms with Gasteiger partial charge in [0.25, 0.3) is 0 Å². The highest BCUT2D eigenvalue weighted by Gasteiger charge is 2.25. The van der Waals surface area contributed by atoms with Crippen molar-refractivity contribution in [1.29, 1.82) is 0 Å². The minimum atomic E-state index is -0.530. The van der Waals surface area contributed by atoms with E-state index >= 15 is 0 Å². The summed E-state index contributed by atoms with van der Waals surface area (Å²) in [6.45, 7) is 3.51. The molecule has 156 valence electrons. The average Bonchev–Trinajstić information content (AvgIpc) is 3.14. The maximum Gasteiger partial charge on any atom is 0.363 e. The van der Waals surface area contributed by atoms with Crippen LogP contribution in [-0.4, -0.2) is 24.9 Å². The Hall–Kier alpha value is -3.93. The molecule has 0 radical (unpaired) electrons. The Morgan fingerprint density at radius 3 is 2.58 bits per heavy atom. The van der Waals surface area contributed by atoms with Crippen LogP contribution in [0.25, 0.3) is 16.8 Å². The Bertz CT molecular complexity index is 1230. The molecule has 0 aromatic heterocycles. The lowest BCUT2D eigenvalue weighted by Gasteiger charge is -2.11. The van der Waals surface area contributed by atoms with E-state index in [1.54, 1.807) is 38.1 Å². The second-order valence-electron chi connectivity index (χ2n) is 7.35. The van der Waals surface area contributed by atoms with Gasteiger partial charge in [0.1, 0.15) is 0 Å². The van der Waals surface area contributed by atoms with Gasteiger partial charge in [-0.25, -0.2) is 9.79 Å². The van der Waals surface area contributed by atoms with Crippen LogP contribution in [0.15, 0.2) is 71.4 Å². The third-order valence-corrected chi connectivity index (χ3v) is 4.81. The number of methoxy groups -OCH3 is 1. The van der Waals surface area contributed by atoms with E-state index in [-0.39, 0.29) is 23.5 Å². The van der Waals surface area contributed by atoms with Gasteiger partial charge in [-0.2, -0.15) is 0 Å². The zero-order valence-corrected chi connectivity index (χ0v) is 17.4. The fourth-order valence-electron chi connectivity index (χ4n) is 3.18. The molecule has 3 aromatic rings. The quantitative estimate of drug-likeness (QED) is 0.341. The Balaban J connectivity index is 1.66. The van der Waals surface area contributed by atoms with Crippen molar-refractivity contribution < 1.29 is 23.8 Å². The highest BCUT2D eigenvalue weighted by atomic mass is 16.6. The lowest BCUT2D eigenvalue weighted by molar-refractivity contribution is -0.137. The predicted octanol–water partition coefficient (Wildman–Crippen LogP) is 4.75. The fraction of sp³-hybridized carbons (Fsp3) is 0.160. The monoisotopic (exact) mass is 415 g/mol. The minimum absolute atomic E-state index is 0.178. The molecule has 0 unspecified atom stereocenters. The number of hydrogen-bond donors (Lipinski definition) is 0. The van der Waals surface area contributed by atoms with Crippen molar-refractivity contribution in [3.05, 3.63) is 77.5 Å². The molecule has 0 saturated heterocycles. The lowest BCUT2D eigenvalue weighted by atomic mass is 10.0. The summed E-state index contributed by atoms with van der Waals surface area (Å²) in [6.07, 6.45) is 1.61. The number of cyclic esters (lactones) is 1. The number of nitrogens with zero attached hydrogens (tertiary/aromatic N) is 1. The number of fused-ring (bicyclic) bond motifs is 1. The van der Waals surface area contributed by atoms with Crippen LogP contribution in [0.1, 0.15) is 25.0 Å². The van der Waals surface area contributed by atoms with Gasteiger partial charge in [-0.1, -0.05) is 56.3 Å². The number of aliphatic imine (C=N–C) groups is 1. The standard InChI is InChI=1S/C25H21NO5/c1-15(2)24(27)30-21-12-11-16(14-22(21)29-3)13-20-25(28)31-23(26-20)19-10-6-8-17-7-4-5-9-18(17)19/h4-15H,1-3H3. The molecule has 0 fully saturated rings. The van der Waals surface area contributed by atoms with Gasteiger partial charge in [0, 0.05) is 5.56 Å². The first-order valence-corrected chi connectivity index (χ1v) is 9.86. The van der Waals surface area contributed by atoms with Crippen LogP contribution in [0.3, 0.4) is 0 Å². The van der Waals surface area contributed by atoms with Crippen LogP contribution < -0.4 is 9.47 Å². The number of ether oxygens (including phenoxy) is 3. The van der Waals surface area contributed by atoms with E-state index in [1.165, 1.54) is 7.11 Å². The van der Waals surface area contributed by atoms with Gasteiger partial charge >= 0.3 is 11.9 Å². The van der Waals surface area contributed by atoms with Gasteiger partial charge in [-0.05, 0) is 40.6 Å². The Kier molecular flexibility index (Phi) is 5.54. The highest BCUT2D eigenvalue weighted by Crippen LogP contribution is 2.31. The van der Waals surface area contributed by atoms with Crippen LogP contribution in [0.5, 0.6) is 11.5 Å². The molecule has 31 heavy (non-hydrogen) atoms. The summed E-state index contributed by atoms with van der Waals surface area (Å²) in [5.74, 6) is -0.181. The van der Waals surface area contributed by atoms with Crippen LogP contribution in [0.4, 0.5) is 0 Å². The van der Waals surface area contributed by atoms with Crippen LogP contribution >= 0.6 is 0 Å². The molecule has 0 spiro atoms. The number of carbonyl (C=O) groups excluding carboxylic acids is 2. The van der Waals surface area contributed by atoms with E-state index < -0.39 is 5.97 Å². The second-order valence-corrected chi connectivity index (χ2v) is 7.35. The third kappa shape index (κ3) is 4.19. The van der Waals surface area contributed by atoms with E-state index in [0.717, 1.165) is 16.3 Å². The van der Waals surface area contributed by atoms with Gasteiger partial charge in [-0.15, -0.1) is 0 Å². The molecule has 0 atom stereocenters. The molecule has 6 nitrogen and oxygen atoms in total. The predicted molar refractivity (Wildman–Crippen MR) is 118 cm³/mol. The van der Waals surface area contributed by atoms with Crippen LogP contribution in [0.2, 0.25) is 0 Å². The largest absolute Gasteiger partial charge is 0.493 e. The normalized spacial score (nSPS) is 14.6. The summed E-state index contributed by atoms with van der Waals surface area (Å²) in [5, 5.41) is 1.99. The fourth-order valence-corrected chi connectivity index (χ4v) is 3.18. The number of benzene rings is 3. The summed E-state index contributed by atoms with van der Waals surface area (Å²) >= 11 is 0.